The number of anilines is 6. The predicted molar refractivity (Wildman–Crippen MR) is 541 cm³/mol. The van der Waals surface area contributed by atoms with Gasteiger partial charge in [-0.15, -0.1) is 0 Å². The molecule has 0 unspecified atom stereocenters. The highest BCUT2D eigenvalue weighted by atomic mass is 15.2. The molecule has 3 aromatic heterocycles. The molecule has 0 spiro atoms. The van der Waals surface area contributed by atoms with Gasteiger partial charge in [0.15, 0.2) is 0 Å². The van der Waals surface area contributed by atoms with Gasteiger partial charge in [-0.3, -0.25) is 0 Å². The maximum Gasteiger partial charge on any atom is 0.252 e. The Bertz CT molecular complexity index is 6420. The van der Waals surface area contributed by atoms with E-state index in [4.69, 9.17) is 0 Å². The van der Waals surface area contributed by atoms with Crippen LogP contribution in [0.1, 0.15) is 263 Å². The van der Waals surface area contributed by atoms with Gasteiger partial charge in [-0.1, -0.05) is 317 Å². The van der Waals surface area contributed by atoms with E-state index in [2.05, 4.69) is 474 Å². The topological polar surface area (TPSA) is 21.3 Å². The van der Waals surface area contributed by atoms with E-state index in [0.29, 0.717) is 0 Å². The molecular weight excluding hydrogens is 1500 g/mol. The molecule has 124 heavy (non-hydrogen) atoms. The third-order valence-electron chi connectivity index (χ3n) is 27.5. The van der Waals surface area contributed by atoms with E-state index < -0.39 is 0 Å². The Kier molecular flexibility index (Phi) is 19.1. The van der Waals surface area contributed by atoms with Crippen LogP contribution >= 0.6 is 0 Å². The van der Waals surface area contributed by atoms with Crippen LogP contribution in [-0.2, 0) is 54.1 Å². The molecule has 0 bridgehead atoms. The summed E-state index contributed by atoms with van der Waals surface area (Å²) < 4.78 is 7.76. The Labute approximate surface area is 740 Å². The Morgan fingerprint density at radius 2 is 0.379 bits per heavy atom. The lowest BCUT2D eigenvalue weighted by molar-refractivity contribution is 0.568. The predicted octanol–water partition coefficient (Wildman–Crippen LogP) is 31.4. The highest BCUT2D eigenvalue weighted by molar-refractivity contribution is 7.00. The summed E-state index contributed by atoms with van der Waals surface area (Å²) in [4.78, 5) is 5.34. The third-order valence-corrected chi connectivity index (χ3v) is 27.5. The van der Waals surface area contributed by atoms with Gasteiger partial charge in [-0.05, 0) is 282 Å². The van der Waals surface area contributed by atoms with Crippen LogP contribution in [0.2, 0.25) is 0 Å². The third kappa shape index (κ3) is 14.4. The SMILES string of the molecule is CC(C)(C)c1cc(-c2ccc(N3c4cc(-n5c6ccc(C(C)(C)C)cc6c6cc(C(C)(C)C)ccc65)ccc4B4c5ccc(-n6c7ccc(C(C)(C)C)cc7c7cc(C(C)(C)C)ccc76)cc5N(c5ccc(-c6cc(C(C)(C)C)cc(C(C)(C)C)c6)cc5)c5cc(-n6c7ccc(C(C)(C)C)cc7c7cc(C(C)(C)C)ccc76)cc3c54)cc2)cc(C(C)(C)C)c1. The van der Waals surface area contributed by atoms with E-state index in [-0.39, 0.29) is 60.9 Å². The monoisotopic (exact) mass is 1630 g/mol. The van der Waals surface area contributed by atoms with Crippen molar-refractivity contribution < 1.29 is 0 Å². The zero-order chi connectivity index (χ0) is 88.7. The average molecular weight is 1630 g/mol. The molecule has 2 aliphatic heterocycles. The number of nitrogens with zero attached hydrogens (tertiary/aromatic N) is 5. The van der Waals surface area contributed by atoms with E-state index in [1.54, 1.807) is 0 Å². The normalized spacial score (nSPS) is 14.0. The van der Waals surface area contributed by atoms with Crippen molar-refractivity contribution in [1.29, 1.82) is 0 Å². The van der Waals surface area contributed by atoms with Crippen molar-refractivity contribution in [2.75, 3.05) is 9.80 Å². The summed E-state index contributed by atoms with van der Waals surface area (Å²) >= 11 is 0. The van der Waals surface area contributed by atoms with E-state index in [9.17, 15) is 0 Å². The molecule has 2 aliphatic rings. The lowest BCUT2D eigenvalue weighted by Gasteiger charge is -2.44. The second-order valence-corrected chi connectivity index (χ2v) is 47.1. The van der Waals surface area contributed by atoms with Crippen LogP contribution in [0.3, 0.4) is 0 Å². The zero-order valence-electron chi connectivity index (χ0n) is 79.9. The van der Waals surface area contributed by atoms with Gasteiger partial charge in [0.2, 0.25) is 0 Å². The highest BCUT2D eigenvalue weighted by Crippen LogP contribution is 2.52. The summed E-state index contributed by atoms with van der Waals surface area (Å²) in [6, 6.07) is 98.0. The van der Waals surface area contributed by atoms with Crippen LogP contribution in [0.15, 0.2) is 243 Å². The minimum atomic E-state index is -0.240. The molecule has 630 valence electrons. The largest absolute Gasteiger partial charge is 0.311 e. The molecule has 0 saturated carbocycles. The quantitative estimate of drug-likeness (QED) is 0.148. The molecule has 5 heterocycles. The van der Waals surface area contributed by atoms with Crippen molar-refractivity contribution in [2.45, 2.75) is 262 Å². The van der Waals surface area contributed by atoms with Gasteiger partial charge in [-0.25, -0.2) is 0 Å². The maximum absolute atomic E-state index is 2.67. The molecule has 0 atom stereocenters. The Balaban J connectivity index is 0.985. The standard InChI is InChI=1S/C118H130BN5/c1-109(2,3)75-35-49-98-90(61-75)91-62-76(110(4,5)6)36-50-99(91)122(98)87-45-47-96-104(67-87)120(85-41-31-71(32-42-85)73-55-81(115(19,20)21)59-82(56-73)116(22,23)24)106-69-89(124-102-53-39-79(113(13,14)15)65-94(102)95-66-80(114(16,17)18)40-54-103(95)124)70-107-108(106)119(96)97-48-46-88(123-100-51-37-77(111(7,8)9)63-92(100)93-64-78(112(10,11)12)38-52-101(93)123)68-105(97)121(107)86-43-33-72(34-44-86)74-57-83(117(25,26)27)60-84(58-74)118(28,29)30/h31-70H,1-30H3. The van der Waals surface area contributed by atoms with Crippen molar-refractivity contribution in [3.8, 4) is 39.3 Å². The Hall–Kier alpha value is -11.1. The van der Waals surface area contributed by atoms with Gasteiger partial charge >= 0.3 is 0 Å². The molecular formula is C118H130BN5. The van der Waals surface area contributed by atoms with Gasteiger partial charge in [0.25, 0.3) is 6.71 Å². The van der Waals surface area contributed by atoms with Gasteiger partial charge in [0, 0.05) is 77.8 Å². The Morgan fingerprint density at radius 3 is 0.605 bits per heavy atom. The molecule has 0 aliphatic carbocycles. The fourth-order valence-corrected chi connectivity index (χ4v) is 19.5. The molecule has 0 radical (unpaired) electrons. The van der Waals surface area contributed by atoms with E-state index in [0.717, 1.165) is 51.2 Å². The molecule has 6 heteroatoms. The molecule has 16 aromatic rings. The number of rotatable bonds is 7. The van der Waals surface area contributed by atoms with Crippen LogP contribution in [-0.4, -0.2) is 20.4 Å². The summed E-state index contributed by atoms with van der Waals surface area (Å²) in [6.45, 7) is 70.2. The van der Waals surface area contributed by atoms with Crippen LogP contribution in [0.25, 0.3) is 105 Å². The number of hydrogen-bond donors (Lipinski definition) is 0. The van der Waals surface area contributed by atoms with Crippen LogP contribution < -0.4 is 26.2 Å². The number of hydrogen-bond acceptors (Lipinski definition) is 2. The molecule has 0 saturated heterocycles. The van der Waals surface area contributed by atoms with E-state index >= 15 is 0 Å². The van der Waals surface area contributed by atoms with Crippen molar-refractivity contribution in [3.05, 3.63) is 298 Å². The van der Waals surface area contributed by atoms with Gasteiger partial charge < -0.3 is 23.5 Å². The zero-order valence-corrected chi connectivity index (χ0v) is 79.9. The van der Waals surface area contributed by atoms with E-state index in [1.165, 1.54) is 160 Å². The highest BCUT2D eigenvalue weighted by Gasteiger charge is 2.45. The smallest absolute Gasteiger partial charge is 0.252 e. The minimum absolute atomic E-state index is 0.0611. The number of aromatic nitrogens is 3. The first-order valence-corrected chi connectivity index (χ1v) is 45.6. The summed E-state index contributed by atoms with van der Waals surface area (Å²) in [5.74, 6) is 0. The lowest BCUT2D eigenvalue weighted by atomic mass is 9.33. The summed E-state index contributed by atoms with van der Waals surface area (Å²) in [6.07, 6.45) is 0. The number of fused-ring (bicyclic) bond motifs is 13. The average Bonchev–Trinajstić information content (AvgIpc) is 0.863. The second-order valence-electron chi connectivity index (χ2n) is 47.1. The second kappa shape index (κ2) is 28.2. The maximum atomic E-state index is 2.67. The number of benzene rings is 13. The van der Waals surface area contributed by atoms with Crippen molar-refractivity contribution in [3.63, 3.8) is 0 Å². The van der Waals surface area contributed by atoms with E-state index in [1.807, 2.05) is 0 Å². The van der Waals surface area contributed by atoms with Crippen molar-refractivity contribution >= 4 is 123 Å². The first kappa shape index (κ1) is 83.8. The van der Waals surface area contributed by atoms with Crippen molar-refractivity contribution in [1.82, 2.24) is 13.7 Å². The fourth-order valence-electron chi connectivity index (χ4n) is 19.5. The minimum Gasteiger partial charge on any atom is -0.311 e. The first-order chi connectivity index (χ1) is 57.7. The first-order valence-electron chi connectivity index (χ1n) is 45.6. The van der Waals surface area contributed by atoms with Crippen LogP contribution in [0, 0.1) is 0 Å². The molecule has 5 nitrogen and oxygen atoms in total. The fraction of sp³-hybridized carbons (Fsp3) is 0.339. The molecule has 18 rings (SSSR count). The van der Waals surface area contributed by atoms with Crippen LogP contribution in [0.4, 0.5) is 34.1 Å². The molecule has 13 aromatic carbocycles. The Morgan fingerprint density at radius 1 is 0.169 bits per heavy atom. The van der Waals surface area contributed by atoms with Gasteiger partial charge in [-0.2, -0.15) is 0 Å². The molecule has 0 fully saturated rings. The molecule has 0 N–H and O–H groups in total. The molecule has 0 amide bonds. The summed E-state index contributed by atoms with van der Waals surface area (Å²) in [5.41, 5.74) is 38.3. The summed E-state index contributed by atoms with van der Waals surface area (Å²) in [7, 11) is 0. The van der Waals surface area contributed by atoms with Crippen LogP contribution in [0.5, 0.6) is 0 Å². The van der Waals surface area contributed by atoms with Gasteiger partial charge in [0.05, 0.1) is 38.8 Å². The van der Waals surface area contributed by atoms with Crippen molar-refractivity contribution in [2.24, 2.45) is 0 Å². The lowest BCUT2D eigenvalue weighted by Crippen LogP contribution is -2.61. The summed E-state index contributed by atoms with van der Waals surface area (Å²) in [5, 5.41) is 7.58. The van der Waals surface area contributed by atoms with Gasteiger partial charge in [0.1, 0.15) is 0 Å².